The molecule has 28 heavy (non-hydrogen) atoms. The second-order valence-electron chi connectivity index (χ2n) is 7.58. The van der Waals surface area contributed by atoms with Crippen LogP contribution in [0.3, 0.4) is 0 Å². The average Bonchev–Trinajstić information content (AvgIpc) is 2.69. The third kappa shape index (κ3) is 4.15. The number of nitrogens with zero attached hydrogens (tertiary/aromatic N) is 2. The molecule has 0 radical (unpaired) electrons. The maximum Gasteiger partial charge on any atom is 0.221 e. The van der Waals surface area contributed by atoms with Crippen molar-refractivity contribution in [3.8, 4) is 11.3 Å². The maximum absolute atomic E-state index is 11.4. The van der Waals surface area contributed by atoms with E-state index in [-0.39, 0.29) is 5.91 Å². The van der Waals surface area contributed by atoms with Gasteiger partial charge in [-0.15, -0.1) is 0 Å². The lowest BCUT2D eigenvalue weighted by Gasteiger charge is -2.30. The van der Waals surface area contributed by atoms with Gasteiger partial charge in [-0.1, -0.05) is 24.3 Å². The summed E-state index contributed by atoms with van der Waals surface area (Å²) >= 11 is 0. The molecule has 0 atom stereocenters. The molecule has 4 rings (SSSR count). The maximum atomic E-state index is 11.4. The standard InChI is InChI=1S/C23H26N4O/c1-16(28)25-20-7-3-5-17(13-20)23-14-21-18(15-24-23)6-4-8-22(21)26-19-9-11-27(2)12-10-19/h3-8,13-15,19,26H,9-12H2,1-2H3,(H,25,28). The van der Waals surface area contributed by atoms with Gasteiger partial charge in [0.1, 0.15) is 0 Å². The molecular formula is C23H26N4O. The minimum atomic E-state index is -0.0757. The fourth-order valence-electron chi connectivity index (χ4n) is 3.79. The van der Waals surface area contributed by atoms with Gasteiger partial charge < -0.3 is 15.5 Å². The van der Waals surface area contributed by atoms with Gasteiger partial charge in [0.15, 0.2) is 0 Å². The summed E-state index contributed by atoms with van der Waals surface area (Å²) in [7, 11) is 2.18. The Kier molecular flexibility index (Phi) is 5.26. The molecule has 0 bridgehead atoms. The van der Waals surface area contributed by atoms with Crippen LogP contribution in [0.5, 0.6) is 0 Å². The van der Waals surface area contributed by atoms with E-state index in [0.717, 1.165) is 53.9 Å². The summed E-state index contributed by atoms with van der Waals surface area (Å²) in [6, 6.07) is 16.8. The summed E-state index contributed by atoms with van der Waals surface area (Å²) in [6.45, 7) is 3.78. The van der Waals surface area contributed by atoms with E-state index >= 15 is 0 Å². The Labute approximate surface area is 165 Å². The van der Waals surface area contributed by atoms with Crippen LogP contribution in [0.4, 0.5) is 11.4 Å². The van der Waals surface area contributed by atoms with E-state index in [1.807, 2.05) is 30.5 Å². The van der Waals surface area contributed by atoms with Gasteiger partial charge in [-0.2, -0.15) is 0 Å². The molecule has 0 saturated carbocycles. The van der Waals surface area contributed by atoms with E-state index in [1.54, 1.807) is 0 Å². The second-order valence-corrected chi connectivity index (χ2v) is 7.58. The Morgan fingerprint density at radius 3 is 2.68 bits per heavy atom. The molecule has 1 aromatic heterocycles. The van der Waals surface area contributed by atoms with E-state index in [4.69, 9.17) is 0 Å². The van der Waals surface area contributed by atoms with Gasteiger partial charge in [0.2, 0.25) is 5.91 Å². The Bertz CT molecular complexity index is 993. The van der Waals surface area contributed by atoms with Gasteiger partial charge in [0.05, 0.1) is 5.69 Å². The first kappa shape index (κ1) is 18.4. The van der Waals surface area contributed by atoms with Crippen LogP contribution in [0, 0.1) is 0 Å². The minimum absolute atomic E-state index is 0.0757. The van der Waals surface area contributed by atoms with Crippen molar-refractivity contribution in [2.75, 3.05) is 30.8 Å². The molecule has 5 nitrogen and oxygen atoms in total. The topological polar surface area (TPSA) is 57.3 Å². The van der Waals surface area contributed by atoms with Crippen molar-refractivity contribution in [1.82, 2.24) is 9.88 Å². The van der Waals surface area contributed by atoms with Crippen LogP contribution in [-0.4, -0.2) is 42.0 Å². The number of rotatable bonds is 4. The van der Waals surface area contributed by atoms with E-state index in [2.05, 4.69) is 51.8 Å². The number of piperidine rings is 1. The Hall–Kier alpha value is -2.92. The number of likely N-dealkylation sites (tertiary alicyclic amines) is 1. The van der Waals surface area contributed by atoms with E-state index in [1.165, 1.54) is 12.3 Å². The third-order valence-corrected chi connectivity index (χ3v) is 5.32. The molecule has 1 aliphatic heterocycles. The molecule has 1 amide bonds. The number of hydrogen-bond acceptors (Lipinski definition) is 4. The number of pyridine rings is 1. The fraction of sp³-hybridized carbons (Fsp3) is 0.304. The van der Waals surface area contributed by atoms with Gasteiger partial charge in [-0.25, -0.2) is 0 Å². The molecule has 1 fully saturated rings. The van der Waals surface area contributed by atoms with Crippen LogP contribution >= 0.6 is 0 Å². The van der Waals surface area contributed by atoms with Crippen LogP contribution in [-0.2, 0) is 4.79 Å². The number of carbonyl (C=O) groups is 1. The summed E-state index contributed by atoms with van der Waals surface area (Å²) in [5.74, 6) is -0.0757. The summed E-state index contributed by atoms with van der Waals surface area (Å²) < 4.78 is 0. The number of anilines is 2. The zero-order valence-electron chi connectivity index (χ0n) is 16.4. The normalized spacial score (nSPS) is 15.5. The molecule has 3 aromatic rings. The Morgan fingerprint density at radius 2 is 1.89 bits per heavy atom. The van der Waals surface area contributed by atoms with Gasteiger partial charge in [0, 0.05) is 46.9 Å². The van der Waals surface area contributed by atoms with Crippen LogP contribution < -0.4 is 10.6 Å². The SMILES string of the molecule is CC(=O)Nc1cccc(-c2cc3c(NC4CCN(C)CC4)cccc3cn2)c1. The highest BCUT2D eigenvalue weighted by Crippen LogP contribution is 2.29. The quantitative estimate of drug-likeness (QED) is 0.712. The first-order valence-electron chi connectivity index (χ1n) is 9.80. The van der Waals surface area contributed by atoms with Crippen molar-refractivity contribution in [3.05, 3.63) is 54.7 Å². The van der Waals surface area contributed by atoms with Crippen molar-refractivity contribution in [3.63, 3.8) is 0 Å². The van der Waals surface area contributed by atoms with Gasteiger partial charge in [0.25, 0.3) is 0 Å². The molecule has 144 valence electrons. The molecule has 0 spiro atoms. The van der Waals surface area contributed by atoms with Crippen LogP contribution in [0.25, 0.3) is 22.0 Å². The molecule has 2 aromatic carbocycles. The molecule has 0 aliphatic carbocycles. The van der Waals surface area contributed by atoms with E-state index < -0.39 is 0 Å². The van der Waals surface area contributed by atoms with Crippen molar-refractivity contribution in [2.24, 2.45) is 0 Å². The summed E-state index contributed by atoms with van der Waals surface area (Å²) in [6.07, 6.45) is 4.24. The first-order valence-corrected chi connectivity index (χ1v) is 9.80. The highest BCUT2D eigenvalue weighted by Gasteiger charge is 2.17. The third-order valence-electron chi connectivity index (χ3n) is 5.32. The first-order chi connectivity index (χ1) is 13.6. The largest absolute Gasteiger partial charge is 0.382 e. The van der Waals surface area contributed by atoms with Crippen LogP contribution in [0.2, 0.25) is 0 Å². The van der Waals surface area contributed by atoms with E-state index in [0.29, 0.717) is 6.04 Å². The molecule has 2 heterocycles. The summed E-state index contributed by atoms with van der Waals surface area (Å²) in [4.78, 5) is 18.4. The second kappa shape index (κ2) is 7.98. The summed E-state index contributed by atoms with van der Waals surface area (Å²) in [5.41, 5.74) is 3.83. The van der Waals surface area contributed by atoms with Crippen molar-refractivity contribution < 1.29 is 4.79 Å². The lowest BCUT2D eigenvalue weighted by molar-refractivity contribution is -0.114. The number of hydrogen-bond donors (Lipinski definition) is 2. The number of carbonyl (C=O) groups excluding carboxylic acids is 1. The Balaban J connectivity index is 1.65. The zero-order valence-corrected chi connectivity index (χ0v) is 16.4. The molecule has 1 saturated heterocycles. The van der Waals surface area contributed by atoms with Gasteiger partial charge >= 0.3 is 0 Å². The van der Waals surface area contributed by atoms with Crippen LogP contribution in [0.1, 0.15) is 19.8 Å². The number of benzene rings is 2. The lowest BCUT2D eigenvalue weighted by atomic mass is 10.0. The lowest BCUT2D eigenvalue weighted by Crippen LogP contribution is -2.36. The predicted octanol–water partition coefficient (Wildman–Crippen LogP) is 4.37. The van der Waals surface area contributed by atoms with Crippen molar-refractivity contribution in [1.29, 1.82) is 0 Å². The number of amides is 1. The number of fused-ring (bicyclic) bond motifs is 1. The summed E-state index contributed by atoms with van der Waals surface area (Å²) in [5, 5.41) is 8.89. The van der Waals surface area contributed by atoms with Gasteiger partial charge in [-0.3, -0.25) is 9.78 Å². The number of aromatic nitrogens is 1. The zero-order chi connectivity index (χ0) is 19.5. The minimum Gasteiger partial charge on any atom is -0.382 e. The average molecular weight is 374 g/mol. The fourth-order valence-corrected chi connectivity index (χ4v) is 3.79. The highest BCUT2D eigenvalue weighted by molar-refractivity contribution is 5.96. The van der Waals surface area contributed by atoms with E-state index in [9.17, 15) is 4.79 Å². The monoisotopic (exact) mass is 374 g/mol. The smallest absolute Gasteiger partial charge is 0.221 e. The van der Waals surface area contributed by atoms with Gasteiger partial charge in [-0.05, 0) is 57.2 Å². The molecule has 5 heteroatoms. The predicted molar refractivity (Wildman–Crippen MR) is 116 cm³/mol. The number of nitrogens with one attached hydrogen (secondary N) is 2. The molecule has 2 N–H and O–H groups in total. The Morgan fingerprint density at radius 1 is 1.11 bits per heavy atom. The molecule has 1 aliphatic rings. The van der Waals surface area contributed by atoms with Crippen LogP contribution in [0.15, 0.2) is 54.7 Å². The molecule has 0 unspecified atom stereocenters. The highest BCUT2D eigenvalue weighted by atomic mass is 16.1. The van der Waals surface area contributed by atoms with Crippen molar-refractivity contribution >= 4 is 28.1 Å². The molecular weight excluding hydrogens is 348 g/mol. The van der Waals surface area contributed by atoms with Crippen molar-refractivity contribution in [2.45, 2.75) is 25.8 Å².